The summed E-state index contributed by atoms with van der Waals surface area (Å²) in [5, 5.41) is 4.61. The van der Waals surface area contributed by atoms with Gasteiger partial charge in [0.1, 0.15) is 5.69 Å². The van der Waals surface area contributed by atoms with Crippen molar-refractivity contribution in [2.45, 2.75) is 19.8 Å². The Morgan fingerprint density at radius 3 is 2.61 bits per heavy atom. The van der Waals surface area contributed by atoms with E-state index < -0.39 is 0 Å². The van der Waals surface area contributed by atoms with Crippen LogP contribution in [-0.2, 0) is 0 Å². The number of benzene rings is 1. The zero-order valence-corrected chi connectivity index (χ0v) is 13.6. The molecule has 2 aromatic rings. The molecular formula is C19H23N3O. The maximum Gasteiger partial charge on any atom is 0.272 e. The number of hydrogen-bond donors (Lipinski definition) is 1. The molecule has 0 bridgehead atoms. The Morgan fingerprint density at radius 1 is 1.17 bits per heavy atom. The molecule has 1 amide bonds. The molecule has 0 aliphatic carbocycles. The topological polar surface area (TPSA) is 45.2 Å². The molecule has 2 aliphatic heterocycles. The molecule has 0 spiro atoms. The van der Waals surface area contributed by atoms with Crippen LogP contribution in [0.2, 0.25) is 0 Å². The Labute approximate surface area is 136 Å². The van der Waals surface area contributed by atoms with Gasteiger partial charge in [0.2, 0.25) is 0 Å². The molecule has 0 saturated carbocycles. The number of rotatable bonds is 1. The van der Waals surface area contributed by atoms with E-state index in [0.29, 0.717) is 5.69 Å². The van der Waals surface area contributed by atoms with Crippen molar-refractivity contribution in [1.29, 1.82) is 0 Å². The van der Waals surface area contributed by atoms with E-state index in [1.54, 1.807) is 0 Å². The maximum atomic E-state index is 12.9. The molecule has 2 fully saturated rings. The Hall–Kier alpha value is -1.94. The van der Waals surface area contributed by atoms with Gasteiger partial charge >= 0.3 is 0 Å². The molecule has 2 aliphatic rings. The highest BCUT2D eigenvalue weighted by Gasteiger charge is 2.32. The molecule has 23 heavy (non-hydrogen) atoms. The first kappa shape index (κ1) is 14.6. The summed E-state index contributed by atoms with van der Waals surface area (Å²) in [4.78, 5) is 19.5. The van der Waals surface area contributed by atoms with Crippen LogP contribution >= 0.6 is 0 Å². The van der Waals surface area contributed by atoms with Crippen molar-refractivity contribution in [1.82, 2.24) is 15.2 Å². The van der Waals surface area contributed by atoms with E-state index in [9.17, 15) is 4.79 Å². The normalized spacial score (nSPS) is 24.5. The first-order valence-electron chi connectivity index (χ1n) is 8.59. The van der Waals surface area contributed by atoms with E-state index in [0.717, 1.165) is 67.3 Å². The molecule has 1 aromatic carbocycles. The lowest BCUT2D eigenvalue weighted by Crippen LogP contribution is -2.33. The molecule has 2 saturated heterocycles. The highest BCUT2D eigenvalue weighted by Crippen LogP contribution is 2.28. The molecule has 1 N–H and O–H groups in total. The monoisotopic (exact) mass is 309 g/mol. The van der Waals surface area contributed by atoms with Gasteiger partial charge in [-0.1, -0.05) is 18.2 Å². The average molecular weight is 309 g/mol. The predicted octanol–water partition coefficient (Wildman–Crippen LogP) is 2.61. The number of carbonyl (C=O) groups is 1. The van der Waals surface area contributed by atoms with Gasteiger partial charge in [0.05, 0.1) is 5.52 Å². The molecule has 0 radical (unpaired) electrons. The van der Waals surface area contributed by atoms with E-state index in [2.05, 4.69) is 23.3 Å². The Morgan fingerprint density at radius 2 is 1.87 bits per heavy atom. The van der Waals surface area contributed by atoms with E-state index in [-0.39, 0.29) is 5.91 Å². The predicted molar refractivity (Wildman–Crippen MR) is 91.5 cm³/mol. The quantitative estimate of drug-likeness (QED) is 0.881. The van der Waals surface area contributed by atoms with Gasteiger partial charge in [0.25, 0.3) is 5.91 Å². The second-order valence-electron chi connectivity index (χ2n) is 6.89. The van der Waals surface area contributed by atoms with Crippen molar-refractivity contribution in [2.24, 2.45) is 11.8 Å². The van der Waals surface area contributed by atoms with Crippen molar-refractivity contribution in [3.05, 3.63) is 41.6 Å². The van der Waals surface area contributed by atoms with E-state index in [4.69, 9.17) is 0 Å². The smallest absolute Gasteiger partial charge is 0.272 e. The summed E-state index contributed by atoms with van der Waals surface area (Å²) in [6.45, 7) is 5.99. The maximum absolute atomic E-state index is 12.9. The SMILES string of the molecule is Cc1cc(C(=O)N2CC[C@@H]3CNC[C@@H]3CC2)nc2ccccc12. The Bertz CT molecular complexity index is 728. The van der Waals surface area contributed by atoms with Crippen LogP contribution in [0.15, 0.2) is 30.3 Å². The molecule has 1 aromatic heterocycles. The van der Waals surface area contributed by atoms with Gasteiger partial charge in [-0.2, -0.15) is 0 Å². The number of likely N-dealkylation sites (tertiary alicyclic amines) is 1. The average Bonchev–Trinajstić information content (AvgIpc) is 2.93. The molecule has 2 atom stereocenters. The van der Waals surface area contributed by atoms with Gasteiger partial charge in [-0.25, -0.2) is 4.98 Å². The van der Waals surface area contributed by atoms with Crippen molar-refractivity contribution in [3.63, 3.8) is 0 Å². The third-order valence-electron chi connectivity index (χ3n) is 5.45. The summed E-state index contributed by atoms with van der Waals surface area (Å²) in [6.07, 6.45) is 2.21. The number of para-hydroxylation sites is 1. The zero-order chi connectivity index (χ0) is 15.8. The summed E-state index contributed by atoms with van der Waals surface area (Å²) in [6, 6.07) is 9.98. The summed E-state index contributed by atoms with van der Waals surface area (Å²) < 4.78 is 0. The van der Waals surface area contributed by atoms with Crippen LogP contribution in [0.1, 0.15) is 28.9 Å². The Kier molecular flexibility index (Phi) is 3.77. The van der Waals surface area contributed by atoms with Crippen molar-refractivity contribution in [2.75, 3.05) is 26.2 Å². The standard InChI is InChI=1S/C19H23N3O/c1-13-10-18(21-17-5-3-2-4-16(13)17)19(23)22-8-6-14-11-20-12-15(14)7-9-22/h2-5,10,14-15,20H,6-9,11-12H2,1H3/t14-,15+. The lowest BCUT2D eigenvalue weighted by atomic mass is 9.92. The van der Waals surface area contributed by atoms with Crippen LogP contribution in [0.25, 0.3) is 10.9 Å². The van der Waals surface area contributed by atoms with Gasteiger partial charge in [-0.3, -0.25) is 4.79 Å². The van der Waals surface area contributed by atoms with Crippen LogP contribution in [0.5, 0.6) is 0 Å². The summed E-state index contributed by atoms with van der Waals surface area (Å²) in [5.41, 5.74) is 2.62. The van der Waals surface area contributed by atoms with E-state index in [1.165, 1.54) is 0 Å². The number of carbonyl (C=O) groups excluding carboxylic acids is 1. The first-order valence-corrected chi connectivity index (χ1v) is 8.59. The highest BCUT2D eigenvalue weighted by molar-refractivity contribution is 5.96. The number of aromatic nitrogens is 1. The minimum atomic E-state index is 0.0896. The van der Waals surface area contributed by atoms with Crippen molar-refractivity contribution >= 4 is 16.8 Å². The zero-order valence-electron chi connectivity index (χ0n) is 13.6. The summed E-state index contributed by atoms with van der Waals surface area (Å²) in [7, 11) is 0. The number of amides is 1. The molecular weight excluding hydrogens is 286 g/mol. The fourth-order valence-electron chi connectivity index (χ4n) is 4.04. The largest absolute Gasteiger partial charge is 0.337 e. The van der Waals surface area contributed by atoms with Crippen LogP contribution in [-0.4, -0.2) is 42.0 Å². The third-order valence-corrected chi connectivity index (χ3v) is 5.45. The minimum absolute atomic E-state index is 0.0896. The van der Waals surface area contributed by atoms with Gasteiger partial charge in [-0.15, -0.1) is 0 Å². The fourth-order valence-corrected chi connectivity index (χ4v) is 4.04. The number of hydrogen-bond acceptors (Lipinski definition) is 3. The molecule has 4 nitrogen and oxygen atoms in total. The fraction of sp³-hybridized carbons (Fsp3) is 0.474. The second kappa shape index (κ2) is 5.93. The van der Waals surface area contributed by atoms with Crippen molar-refractivity contribution in [3.8, 4) is 0 Å². The Balaban J connectivity index is 1.59. The highest BCUT2D eigenvalue weighted by atomic mass is 16.2. The van der Waals surface area contributed by atoms with Crippen LogP contribution in [0.3, 0.4) is 0 Å². The number of aryl methyl sites for hydroxylation is 1. The number of nitrogens with zero attached hydrogens (tertiary/aromatic N) is 2. The van der Waals surface area contributed by atoms with Crippen LogP contribution in [0, 0.1) is 18.8 Å². The van der Waals surface area contributed by atoms with Gasteiger partial charge in [-0.05, 0) is 62.4 Å². The van der Waals surface area contributed by atoms with E-state index in [1.807, 2.05) is 29.2 Å². The molecule has 0 unspecified atom stereocenters. The lowest BCUT2D eigenvalue weighted by Gasteiger charge is -2.21. The summed E-state index contributed by atoms with van der Waals surface area (Å²) >= 11 is 0. The van der Waals surface area contributed by atoms with Gasteiger partial charge in [0.15, 0.2) is 0 Å². The van der Waals surface area contributed by atoms with Crippen LogP contribution < -0.4 is 5.32 Å². The molecule has 3 heterocycles. The molecule has 4 heteroatoms. The summed E-state index contributed by atoms with van der Waals surface area (Å²) in [5.74, 6) is 1.56. The minimum Gasteiger partial charge on any atom is -0.337 e. The van der Waals surface area contributed by atoms with Crippen molar-refractivity contribution < 1.29 is 4.79 Å². The van der Waals surface area contributed by atoms with Gasteiger partial charge < -0.3 is 10.2 Å². The lowest BCUT2D eigenvalue weighted by molar-refractivity contribution is 0.0753. The van der Waals surface area contributed by atoms with Crippen LogP contribution in [0.4, 0.5) is 0 Å². The first-order chi connectivity index (χ1) is 11.2. The van der Waals surface area contributed by atoms with E-state index >= 15 is 0 Å². The number of nitrogens with one attached hydrogen (secondary N) is 1. The second-order valence-corrected chi connectivity index (χ2v) is 6.89. The van der Waals surface area contributed by atoms with Gasteiger partial charge in [0, 0.05) is 18.5 Å². The number of pyridine rings is 1. The third kappa shape index (κ3) is 2.72. The molecule has 4 rings (SSSR count). The molecule has 120 valence electrons. The number of fused-ring (bicyclic) bond motifs is 2.